The van der Waals surface area contributed by atoms with E-state index in [4.69, 9.17) is 10.5 Å². The largest absolute Gasteiger partial charge is 0.481 e. The zero-order chi connectivity index (χ0) is 14.7. The molecule has 106 valence electrons. The Bertz CT molecular complexity index is 611. The number of aromatic nitrogens is 2. The van der Waals surface area contributed by atoms with Crippen LogP contribution in [0.1, 0.15) is 30.9 Å². The number of methoxy groups -OCH3 is 1. The number of anilines is 3. The van der Waals surface area contributed by atoms with E-state index in [1.807, 2.05) is 0 Å². The van der Waals surface area contributed by atoms with Crippen molar-refractivity contribution in [2.45, 2.75) is 26.7 Å². The molecule has 2 aromatic rings. The van der Waals surface area contributed by atoms with E-state index in [0.717, 1.165) is 11.3 Å². The van der Waals surface area contributed by atoms with Gasteiger partial charge in [-0.05, 0) is 24.0 Å². The van der Waals surface area contributed by atoms with Crippen molar-refractivity contribution in [3.05, 3.63) is 35.4 Å². The second-order valence-electron chi connectivity index (χ2n) is 4.97. The van der Waals surface area contributed by atoms with Gasteiger partial charge >= 0.3 is 0 Å². The molecule has 0 aliphatic carbocycles. The normalized spacial score (nSPS) is 10.7. The Morgan fingerprint density at radius 2 is 2.00 bits per heavy atom. The molecule has 0 amide bonds. The number of nitrogens with one attached hydrogen (secondary N) is 1. The molecular weight excluding hydrogens is 252 g/mol. The lowest BCUT2D eigenvalue weighted by molar-refractivity contribution is 0.398. The Kier molecular flexibility index (Phi) is 4.08. The number of para-hydroxylation sites is 1. The van der Waals surface area contributed by atoms with E-state index in [1.165, 1.54) is 5.56 Å². The van der Waals surface area contributed by atoms with Crippen LogP contribution in [0, 0.1) is 6.92 Å². The maximum absolute atomic E-state index is 5.68. The quantitative estimate of drug-likeness (QED) is 0.893. The van der Waals surface area contributed by atoms with Gasteiger partial charge in [0.25, 0.3) is 0 Å². The van der Waals surface area contributed by atoms with Gasteiger partial charge in [-0.1, -0.05) is 32.0 Å². The minimum Gasteiger partial charge on any atom is -0.481 e. The van der Waals surface area contributed by atoms with Crippen LogP contribution in [-0.2, 0) is 0 Å². The third-order valence-corrected chi connectivity index (χ3v) is 3.11. The second-order valence-corrected chi connectivity index (χ2v) is 4.97. The molecule has 0 unspecified atom stereocenters. The molecule has 3 N–H and O–H groups in total. The van der Waals surface area contributed by atoms with Crippen molar-refractivity contribution in [1.82, 2.24) is 9.97 Å². The van der Waals surface area contributed by atoms with Crippen LogP contribution in [0.15, 0.2) is 24.3 Å². The average molecular weight is 272 g/mol. The summed E-state index contributed by atoms with van der Waals surface area (Å²) in [6.45, 7) is 6.39. The standard InChI is InChI=1S/C15H20N4O/c1-9(2)11-7-5-6-10(3)14(11)17-12-8-13(20-4)19-15(16)18-12/h5-9H,1-4H3,(H3,16,17,18,19). The second kappa shape index (κ2) is 5.77. The highest BCUT2D eigenvalue weighted by Crippen LogP contribution is 2.30. The molecule has 1 aromatic carbocycles. The van der Waals surface area contributed by atoms with Gasteiger partial charge in [-0.2, -0.15) is 9.97 Å². The molecule has 0 radical (unpaired) electrons. The summed E-state index contributed by atoms with van der Waals surface area (Å²) >= 11 is 0. The summed E-state index contributed by atoms with van der Waals surface area (Å²) in [6.07, 6.45) is 0. The molecule has 1 aromatic heterocycles. The summed E-state index contributed by atoms with van der Waals surface area (Å²) in [6, 6.07) is 7.97. The molecule has 0 atom stereocenters. The van der Waals surface area contributed by atoms with Gasteiger partial charge in [0.2, 0.25) is 11.8 Å². The maximum Gasteiger partial charge on any atom is 0.225 e. The fraction of sp³-hybridized carbons (Fsp3) is 0.333. The van der Waals surface area contributed by atoms with E-state index >= 15 is 0 Å². The van der Waals surface area contributed by atoms with Crippen LogP contribution in [0.25, 0.3) is 0 Å². The Balaban J connectivity index is 2.42. The molecule has 5 nitrogen and oxygen atoms in total. The number of hydrogen-bond acceptors (Lipinski definition) is 5. The number of nitrogens with two attached hydrogens (primary N) is 1. The van der Waals surface area contributed by atoms with Gasteiger partial charge in [-0.3, -0.25) is 0 Å². The molecule has 0 saturated carbocycles. The van der Waals surface area contributed by atoms with Crippen molar-refractivity contribution in [2.24, 2.45) is 0 Å². The number of hydrogen-bond donors (Lipinski definition) is 2. The maximum atomic E-state index is 5.68. The van der Waals surface area contributed by atoms with E-state index < -0.39 is 0 Å². The van der Waals surface area contributed by atoms with Gasteiger partial charge in [0.1, 0.15) is 5.82 Å². The average Bonchev–Trinajstić information content (AvgIpc) is 2.40. The van der Waals surface area contributed by atoms with E-state index in [-0.39, 0.29) is 5.95 Å². The van der Waals surface area contributed by atoms with Crippen molar-refractivity contribution in [3.8, 4) is 5.88 Å². The summed E-state index contributed by atoms with van der Waals surface area (Å²) in [4.78, 5) is 8.17. The first-order chi connectivity index (χ1) is 9.51. The topological polar surface area (TPSA) is 73.1 Å². The Labute approximate surface area is 119 Å². The van der Waals surface area contributed by atoms with E-state index in [9.17, 15) is 0 Å². The van der Waals surface area contributed by atoms with Gasteiger partial charge in [0, 0.05) is 11.8 Å². The van der Waals surface area contributed by atoms with Crippen LogP contribution in [0.4, 0.5) is 17.5 Å². The number of rotatable bonds is 4. The monoisotopic (exact) mass is 272 g/mol. The molecule has 0 aliphatic rings. The first-order valence-electron chi connectivity index (χ1n) is 6.56. The molecule has 1 heterocycles. The Hall–Kier alpha value is -2.30. The molecular formula is C15H20N4O. The molecule has 0 spiro atoms. The predicted octanol–water partition coefficient (Wildman–Crippen LogP) is 3.24. The highest BCUT2D eigenvalue weighted by Gasteiger charge is 2.11. The van der Waals surface area contributed by atoms with Crippen LogP contribution in [-0.4, -0.2) is 17.1 Å². The van der Waals surface area contributed by atoms with Crippen molar-refractivity contribution in [3.63, 3.8) is 0 Å². The Morgan fingerprint density at radius 3 is 2.65 bits per heavy atom. The number of aryl methyl sites for hydroxylation is 1. The summed E-state index contributed by atoms with van der Waals surface area (Å²) < 4.78 is 5.11. The van der Waals surface area contributed by atoms with E-state index in [1.54, 1.807) is 13.2 Å². The molecule has 0 bridgehead atoms. The van der Waals surface area contributed by atoms with Crippen LogP contribution in [0.5, 0.6) is 5.88 Å². The van der Waals surface area contributed by atoms with Crippen molar-refractivity contribution < 1.29 is 4.74 Å². The summed E-state index contributed by atoms with van der Waals surface area (Å²) in [7, 11) is 1.55. The molecule has 5 heteroatoms. The van der Waals surface area contributed by atoms with Gasteiger partial charge in [-0.15, -0.1) is 0 Å². The molecule has 20 heavy (non-hydrogen) atoms. The highest BCUT2D eigenvalue weighted by atomic mass is 16.5. The van der Waals surface area contributed by atoms with Crippen molar-refractivity contribution in [1.29, 1.82) is 0 Å². The fourth-order valence-corrected chi connectivity index (χ4v) is 2.08. The lowest BCUT2D eigenvalue weighted by atomic mass is 9.98. The highest BCUT2D eigenvalue weighted by molar-refractivity contribution is 5.66. The number of ether oxygens (including phenoxy) is 1. The van der Waals surface area contributed by atoms with Crippen LogP contribution in [0.2, 0.25) is 0 Å². The lowest BCUT2D eigenvalue weighted by Gasteiger charge is -2.17. The number of benzene rings is 1. The third kappa shape index (κ3) is 2.99. The zero-order valence-electron chi connectivity index (χ0n) is 12.3. The summed E-state index contributed by atoms with van der Waals surface area (Å²) in [5, 5.41) is 3.33. The molecule has 0 saturated heterocycles. The lowest BCUT2D eigenvalue weighted by Crippen LogP contribution is -2.05. The van der Waals surface area contributed by atoms with E-state index in [0.29, 0.717) is 17.6 Å². The third-order valence-electron chi connectivity index (χ3n) is 3.11. The van der Waals surface area contributed by atoms with Crippen LogP contribution < -0.4 is 15.8 Å². The molecule has 0 fully saturated rings. The smallest absolute Gasteiger partial charge is 0.225 e. The Morgan fingerprint density at radius 1 is 1.25 bits per heavy atom. The van der Waals surface area contributed by atoms with Crippen LogP contribution >= 0.6 is 0 Å². The van der Waals surface area contributed by atoms with Gasteiger partial charge < -0.3 is 15.8 Å². The number of nitrogens with zero attached hydrogens (tertiary/aromatic N) is 2. The molecule has 0 aliphatic heterocycles. The summed E-state index contributed by atoms with van der Waals surface area (Å²) in [5.74, 6) is 1.68. The minimum absolute atomic E-state index is 0.187. The molecule has 2 rings (SSSR count). The van der Waals surface area contributed by atoms with Gasteiger partial charge in [0.05, 0.1) is 7.11 Å². The first kappa shape index (κ1) is 14.1. The predicted molar refractivity (Wildman–Crippen MR) is 81.5 cm³/mol. The first-order valence-corrected chi connectivity index (χ1v) is 6.56. The number of nitrogen functional groups attached to an aromatic ring is 1. The SMILES string of the molecule is COc1cc(Nc2c(C)cccc2C(C)C)nc(N)n1. The zero-order valence-corrected chi connectivity index (χ0v) is 12.3. The fourth-order valence-electron chi connectivity index (χ4n) is 2.08. The van der Waals surface area contributed by atoms with Gasteiger partial charge in [0.15, 0.2) is 0 Å². The minimum atomic E-state index is 0.187. The van der Waals surface area contributed by atoms with Crippen molar-refractivity contribution >= 4 is 17.5 Å². The summed E-state index contributed by atoms with van der Waals surface area (Å²) in [5.41, 5.74) is 9.14. The van der Waals surface area contributed by atoms with Crippen molar-refractivity contribution in [2.75, 3.05) is 18.2 Å². The van der Waals surface area contributed by atoms with Gasteiger partial charge in [-0.25, -0.2) is 0 Å². The van der Waals surface area contributed by atoms with E-state index in [2.05, 4.69) is 54.3 Å². The van der Waals surface area contributed by atoms with Crippen LogP contribution in [0.3, 0.4) is 0 Å².